The molecule has 100 valence electrons. The molecule has 6 heteroatoms. The molecule has 1 saturated heterocycles. The van der Waals surface area contributed by atoms with Crippen molar-refractivity contribution in [1.82, 2.24) is 14.7 Å². The van der Waals surface area contributed by atoms with Crippen molar-refractivity contribution >= 4 is 11.5 Å². The van der Waals surface area contributed by atoms with Crippen molar-refractivity contribution in [2.24, 2.45) is 0 Å². The van der Waals surface area contributed by atoms with Gasteiger partial charge >= 0.3 is 5.97 Å². The summed E-state index contributed by atoms with van der Waals surface area (Å²) in [6.45, 7) is 0.917. The van der Waals surface area contributed by atoms with Gasteiger partial charge in [-0.05, 0) is 31.5 Å². The smallest absolute Gasteiger partial charge is 0.358 e. The minimum atomic E-state index is -0.493. The molecule has 19 heavy (non-hydrogen) atoms. The van der Waals surface area contributed by atoms with Gasteiger partial charge in [-0.2, -0.15) is 0 Å². The maximum Gasteiger partial charge on any atom is 0.358 e. The number of carbonyl (C=O) groups excluding carboxylic acids is 1. The first-order valence-electron chi connectivity index (χ1n) is 6.24. The van der Waals surface area contributed by atoms with Crippen molar-refractivity contribution in [3.8, 4) is 5.88 Å². The summed E-state index contributed by atoms with van der Waals surface area (Å²) < 4.78 is 6.35. The lowest BCUT2D eigenvalue weighted by Crippen LogP contribution is -2.16. The van der Waals surface area contributed by atoms with Gasteiger partial charge in [-0.15, -0.1) is 0 Å². The third-order valence-corrected chi connectivity index (χ3v) is 3.42. The van der Waals surface area contributed by atoms with Crippen LogP contribution in [-0.2, 0) is 4.74 Å². The van der Waals surface area contributed by atoms with E-state index in [1.165, 1.54) is 7.11 Å². The molecular weight excluding hydrogens is 246 g/mol. The SMILES string of the molecule is COC(=O)c1nc(C2CCCN2)n2c(O)cccc12. The molecule has 2 N–H and O–H groups in total. The zero-order valence-electron chi connectivity index (χ0n) is 10.6. The maximum atomic E-state index is 11.8. The third-order valence-electron chi connectivity index (χ3n) is 3.42. The lowest BCUT2D eigenvalue weighted by atomic mass is 10.2. The van der Waals surface area contributed by atoms with Crippen LogP contribution in [-0.4, -0.2) is 34.1 Å². The van der Waals surface area contributed by atoms with Crippen molar-refractivity contribution in [3.63, 3.8) is 0 Å². The molecule has 2 aromatic heterocycles. The van der Waals surface area contributed by atoms with Crippen LogP contribution in [0.25, 0.3) is 5.52 Å². The highest BCUT2D eigenvalue weighted by atomic mass is 16.5. The normalized spacial score (nSPS) is 18.9. The molecule has 1 aliphatic heterocycles. The monoisotopic (exact) mass is 261 g/mol. The van der Waals surface area contributed by atoms with Gasteiger partial charge in [0.25, 0.3) is 0 Å². The average molecular weight is 261 g/mol. The van der Waals surface area contributed by atoms with Crippen LogP contribution in [0.15, 0.2) is 18.2 Å². The summed E-state index contributed by atoms with van der Waals surface area (Å²) in [6, 6.07) is 5.06. The Balaban J connectivity index is 2.23. The topological polar surface area (TPSA) is 75.9 Å². The highest BCUT2D eigenvalue weighted by Crippen LogP contribution is 2.28. The Bertz CT molecular complexity index is 629. The first-order chi connectivity index (χ1) is 9.22. The number of methoxy groups -OCH3 is 1. The van der Waals surface area contributed by atoms with Crippen molar-refractivity contribution < 1.29 is 14.6 Å². The Labute approximate surface area is 110 Å². The Hall–Kier alpha value is -2.08. The summed E-state index contributed by atoms with van der Waals surface area (Å²) in [5, 5.41) is 13.3. The molecule has 1 unspecified atom stereocenters. The predicted molar refractivity (Wildman–Crippen MR) is 68.2 cm³/mol. The van der Waals surface area contributed by atoms with E-state index in [2.05, 4.69) is 10.3 Å². The number of aromatic hydroxyl groups is 1. The number of carbonyl (C=O) groups is 1. The summed E-state index contributed by atoms with van der Waals surface area (Å²) in [7, 11) is 1.32. The van der Waals surface area contributed by atoms with E-state index in [1.807, 2.05) is 0 Å². The molecule has 1 aliphatic rings. The van der Waals surface area contributed by atoms with Gasteiger partial charge in [0.1, 0.15) is 5.82 Å². The Kier molecular flexibility index (Phi) is 2.87. The Morgan fingerprint density at radius 3 is 3.11 bits per heavy atom. The van der Waals surface area contributed by atoms with E-state index in [1.54, 1.807) is 22.6 Å². The molecule has 1 atom stereocenters. The lowest BCUT2D eigenvalue weighted by Gasteiger charge is -2.09. The number of esters is 1. The van der Waals surface area contributed by atoms with Crippen molar-refractivity contribution in [3.05, 3.63) is 29.7 Å². The van der Waals surface area contributed by atoms with Gasteiger partial charge in [0.2, 0.25) is 0 Å². The molecule has 6 nitrogen and oxygen atoms in total. The molecule has 3 rings (SSSR count). The number of ether oxygens (including phenoxy) is 1. The molecular formula is C13H15N3O3. The van der Waals surface area contributed by atoms with Crippen LogP contribution >= 0.6 is 0 Å². The number of hydrogen-bond acceptors (Lipinski definition) is 5. The average Bonchev–Trinajstić information content (AvgIpc) is 3.05. The standard InChI is InChI=1S/C13H15N3O3/c1-19-13(18)11-9-5-2-6-10(17)16(9)12(15-11)8-4-3-7-14-8/h2,5-6,8,14,17H,3-4,7H2,1H3. The molecule has 0 saturated carbocycles. The van der Waals surface area contributed by atoms with E-state index >= 15 is 0 Å². The minimum Gasteiger partial charge on any atom is -0.494 e. The predicted octanol–water partition coefficient (Wildman–Crippen LogP) is 1.25. The van der Waals surface area contributed by atoms with Crippen molar-refractivity contribution in [2.75, 3.05) is 13.7 Å². The number of rotatable bonds is 2. The molecule has 0 bridgehead atoms. The highest BCUT2D eigenvalue weighted by molar-refractivity contribution is 5.95. The summed E-state index contributed by atoms with van der Waals surface area (Å²) in [5.74, 6) is 0.238. The maximum absolute atomic E-state index is 11.8. The van der Waals surface area contributed by atoms with Gasteiger partial charge in [0.15, 0.2) is 11.6 Å². The van der Waals surface area contributed by atoms with E-state index in [-0.39, 0.29) is 17.6 Å². The number of imidazole rings is 1. The number of pyridine rings is 1. The summed E-state index contributed by atoms with van der Waals surface area (Å²) in [4.78, 5) is 16.1. The van der Waals surface area contributed by atoms with Gasteiger partial charge in [0, 0.05) is 0 Å². The summed E-state index contributed by atoms with van der Waals surface area (Å²) >= 11 is 0. The zero-order valence-corrected chi connectivity index (χ0v) is 10.6. The second-order valence-corrected chi connectivity index (χ2v) is 4.56. The second kappa shape index (κ2) is 4.55. The molecule has 0 radical (unpaired) electrons. The highest BCUT2D eigenvalue weighted by Gasteiger charge is 2.26. The van der Waals surface area contributed by atoms with Gasteiger partial charge in [-0.3, -0.25) is 4.40 Å². The fourth-order valence-corrected chi connectivity index (χ4v) is 2.53. The van der Waals surface area contributed by atoms with E-state index in [9.17, 15) is 9.90 Å². The van der Waals surface area contributed by atoms with Crippen molar-refractivity contribution in [2.45, 2.75) is 18.9 Å². The molecule has 0 spiro atoms. The lowest BCUT2D eigenvalue weighted by molar-refractivity contribution is 0.0596. The minimum absolute atomic E-state index is 0.0548. The second-order valence-electron chi connectivity index (χ2n) is 4.56. The number of hydrogen-bond donors (Lipinski definition) is 2. The number of nitrogens with zero attached hydrogens (tertiary/aromatic N) is 2. The van der Waals surface area contributed by atoms with E-state index in [0.29, 0.717) is 11.3 Å². The number of nitrogens with one attached hydrogen (secondary N) is 1. The molecule has 1 fully saturated rings. The molecule has 0 aliphatic carbocycles. The number of fused-ring (bicyclic) bond motifs is 1. The number of aromatic nitrogens is 2. The van der Waals surface area contributed by atoms with Crippen LogP contribution in [0.1, 0.15) is 35.2 Å². The van der Waals surface area contributed by atoms with Gasteiger partial charge in [-0.1, -0.05) is 6.07 Å². The molecule has 2 aromatic rings. The molecule has 0 amide bonds. The van der Waals surface area contributed by atoms with Crippen LogP contribution in [0, 0.1) is 0 Å². The first-order valence-corrected chi connectivity index (χ1v) is 6.24. The largest absolute Gasteiger partial charge is 0.494 e. The third kappa shape index (κ3) is 1.84. The van der Waals surface area contributed by atoms with Crippen LogP contribution in [0.3, 0.4) is 0 Å². The molecule has 3 heterocycles. The van der Waals surface area contributed by atoms with Crippen LogP contribution in [0.5, 0.6) is 5.88 Å². The van der Waals surface area contributed by atoms with E-state index < -0.39 is 5.97 Å². The zero-order chi connectivity index (χ0) is 13.4. The van der Waals surface area contributed by atoms with E-state index in [0.717, 1.165) is 19.4 Å². The van der Waals surface area contributed by atoms with Crippen LogP contribution in [0.4, 0.5) is 0 Å². The van der Waals surface area contributed by atoms with Crippen LogP contribution in [0.2, 0.25) is 0 Å². The Morgan fingerprint density at radius 2 is 2.42 bits per heavy atom. The summed E-state index contributed by atoms with van der Waals surface area (Å²) in [6.07, 6.45) is 1.99. The molecule has 0 aromatic carbocycles. The first kappa shape index (κ1) is 12.0. The fourth-order valence-electron chi connectivity index (χ4n) is 2.53. The van der Waals surface area contributed by atoms with Crippen molar-refractivity contribution in [1.29, 1.82) is 0 Å². The van der Waals surface area contributed by atoms with E-state index in [4.69, 9.17) is 4.74 Å². The quantitative estimate of drug-likeness (QED) is 0.796. The van der Waals surface area contributed by atoms with Gasteiger partial charge in [0.05, 0.1) is 18.7 Å². The van der Waals surface area contributed by atoms with Gasteiger partial charge in [-0.25, -0.2) is 9.78 Å². The van der Waals surface area contributed by atoms with Gasteiger partial charge < -0.3 is 15.2 Å². The fraction of sp³-hybridized carbons (Fsp3) is 0.385. The summed E-state index contributed by atoms with van der Waals surface area (Å²) in [5.41, 5.74) is 0.803. The Morgan fingerprint density at radius 1 is 1.58 bits per heavy atom. The van der Waals surface area contributed by atoms with Crippen LogP contribution < -0.4 is 5.32 Å².